The Morgan fingerprint density at radius 1 is 1.03 bits per heavy atom. The van der Waals surface area contributed by atoms with Crippen molar-refractivity contribution in [2.45, 2.75) is 20.3 Å². The number of anilines is 2. The molecular weight excluding hydrogens is 397 g/mol. The summed E-state index contributed by atoms with van der Waals surface area (Å²) < 4.78 is 42.5. The Labute approximate surface area is 169 Å². The largest absolute Gasteiger partial charge is 0.325 e. The molecule has 0 atom stereocenters. The number of hydrogen-bond donors (Lipinski definition) is 1. The van der Waals surface area contributed by atoms with Gasteiger partial charge in [0.1, 0.15) is 35.2 Å². The van der Waals surface area contributed by atoms with Crippen LogP contribution in [0.15, 0.2) is 36.8 Å². The van der Waals surface area contributed by atoms with E-state index in [9.17, 15) is 13.2 Å². The van der Waals surface area contributed by atoms with Gasteiger partial charge >= 0.3 is 0 Å². The van der Waals surface area contributed by atoms with Crippen molar-refractivity contribution < 1.29 is 13.2 Å². The molecule has 4 rings (SSSR count). The number of halogens is 3. The number of aromatic nitrogens is 7. The fraction of sp³-hybridized carbons (Fsp3) is 0.211. The lowest BCUT2D eigenvalue weighted by atomic mass is 10.2. The Bertz CT molecular complexity index is 1200. The summed E-state index contributed by atoms with van der Waals surface area (Å²) in [6, 6.07) is 5.68. The molecule has 0 unspecified atom stereocenters. The first-order valence-corrected chi connectivity index (χ1v) is 8.93. The Hall–Kier alpha value is -3.76. The average molecular weight is 414 g/mol. The van der Waals surface area contributed by atoms with Gasteiger partial charge in [-0.2, -0.15) is 10.2 Å². The van der Waals surface area contributed by atoms with Crippen molar-refractivity contribution in [1.82, 2.24) is 34.5 Å². The molecule has 0 saturated carbocycles. The first-order valence-electron chi connectivity index (χ1n) is 8.93. The van der Waals surface area contributed by atoms with E-state index in [1.807, 2.05) is 6.92 Å². The summed E-state index contributed by atoms with van der Waals surface area (Å²) in [5.41, 5.74) is 2.07. The average Bonchev–Trinajstić information content (AvgIpc) is 3.24. The van der Waals surface area contributed by atoms with E-state index in [1.165, 1.54) is 24.5 Å². The molecule has 8 nitrogen and oxygen atoms in total. The maximum Gasteiger partial charge on any atom is 0.280 e. The minimum Gasteiger partial charge on any atom is -0.325 e. The van der Waals surface area contributed by atoms with Crippen LogP contribution in [0, 0.1) is 19.7 Å². The van der Waals surface area contributed by atoms with Gasteiger partial charge in [-0.1, -0.05) is 0 Å². The molecule has 4 heterocycles. The number of aryl methyl sites for hydroxylation is 2. The molecule has 4 aromatic rings. The minimum absolute atomic E-state index is 0.205. The Balaban J connectivity index is 1.68. The summed E-state index contributed by atoms with van der Waals surface area (Å²) in [5.74, 6) is 0.761. The number of nitrogens with one attached hydrogen (secondary N) is 1. The van der Waals surface area contributed by atoms with Crippen molar-refractivity contribution in [3.8, 4) is 17.2 Å². The highest BCUT2D eigenvalue weighted by Gasteiger charge is 2.19. The molecule has 30 heavy (non-hydrogen) atoms. The number of hydrogen-bond acceptors (Lipinski definition) is 6. The zero-order chi connectivity index (χ0) is 21.4. The standard InChI is InChI=1S/C19H17F3N8/c1-10-6-14(18(21)22)30(27-10)16-7-15(24-9-25-16)26-19-11(2)17(28-29(19)3)13-5-4-12(20)8-23-13/h4-9,18H,1-3H3,(H,24,25,26). The van der Waals surface area contributed by atoms with Gasteiger partial charge in [0.15, 0.2) is 5.82 Å². The molecule has 0 aromatic carbocycles. The minimum atomic E-state index is -2.69. The van der Waals surface area contributed by atoms with E-state index < -0.39 is 12.2 Å². The SMILES string of the molecule is Cc1cc(C(F)F)n(-c2cc(Nc3c(C)c(-c4ccc(F)cn4)nn3C)ncn2)n1. The predicted octanol–water partition coefficient (Wildman–Crippen LogP) is 3.89. The highest BCUT2D eigenvalue weighted by molar-refractivity contribution is 5.69. The van der Waals surface area contributed by atoms with E-state index in [4.69, 9.17) is 0 Å². The molecule has 1 N–H and O–H groups in total. The fourth-order valence-electron chi connectivity index (χ4n) is 3.07. The second kappa shape index (κ2) is 7.58. The van der Waals surface area contributed by atoms with Crippen LogP contribution in [0.3, 0.4) is 0 Å². The van der Waals surface area contributed by atoms with E-state index in [0.29, 0.717) is 28.7 Å². The summed E-state index contributed by atoms with van der Waals surface area (Å²) in [7, 11) is 1.73. The first-order chi connectivity index (χ1) is 14.3. The van der Waals surface area contributed by atoms with Gasteiger partial charge in [-0.15, -0.1) is 0 Å². The van der Waals surface area contributed by atoms with Crippen molar-refractivity contribution in [1.29, 1.82) is 0 Å². The second-order valence-corrected chi connectivity index (χ2v) is 6.62. The summed E-state index contributed by atoms with van der Waals surface area (Å²) in [5, 5.41) is 11.7. The lowest BCUT2D eigenvalue weighted by molar-refractivity contribution is 0.142. The van der Waals surface area contributed by atoms with Crippen LogP contribution in [0.4, 0.5) is 24.8 Å². The van der Waals surface area contributed by atoms with Gasteiger partial charge in [-0.25, -0.2) is 27.8 Å². The van der Waals surface area contributed by atoms with Crippen LogP contribution in [0.2, 0.25) is 0 Å². The molecule has 0 amide bonds. The number of rotatable bonds is 5. The van der Waals surface area contributed by atoms with Crippen molar-refractivity contribution in [3.05, 3.63) is 59.6 Å². The van der Waals surface area contributed by atoms with Crippen LogP contribution in [0.25, 0.3) is 17.2 Å². The smallest absolute Gasteiger partial charge is 0.280 e. The van der Waals surface area contributed by atoms with Crippen LogP contribution < -0.4 is 5.32 Å². The normalized spacial score (nSPS) is 11.3. The third-order valence-electron chi connectivity index (χ3n) is 4.45. The zero-order valence-electron chi connectivity index (χ0n) is 16.3. The molecule has 0 fully saturated rings. The maximum atomic E-state index is 13.3. The van der Waals surface area contributed by atoms with E-state index in [1.54, 1.807) is 24.7 Å². The van der Waals surface area contributed by atoms with E-state index >= 15 is 0 Å². The van der Waals surface area contributed by atoms with Crippen molar-refractivity contribution >= 4 is 11.6 Å². The number of pyridine rings is 1. The quantitative estimate of drug-likeness (QED) is 0.533. The van der Waals surface area contributed by atoms with Crippen LogP contribution in [0.1, 0.15) is 23.4 Å². The van der Waals surface area contributed by atoms with Gasteiger partial charge in [0.05, 0.1) is 17.6 Å². The van der Waals surface area contributed by atoms with E-state index in [0.717, 1.165) is 16.4 Å². The lowest BCUT2D eigenvalue weighted by Crippen LogP contribution is -2.07. The second-order valence-electron chi connectivity index (χ2n) is 6.62. The molecule has 0 aliphatic heterocycles. The third kappa shape index (κ3) is 3.61. The Morgan fingerprint density at radius 2 is 1.83 bits per heavy atom. The van der Waals surface area contributed by atoms with Crippen LogP contribution in [0.5, 0.6) is 0 Å². The topological polar surface area (TPSA) is 86.3 Å². The molecule has 11 heteroatoms. The van der Waals surface area contributed by atoms with Gasteiger partial charge in [0, 0.05) is 18.7 Å². The zero-order valence-corrected chi connectivity index (χ0v) is 16.3. The van der Waals surface area contributed by atoms with Gasteiger partial charge in [-0.3, -0.25) is 9.67 Å². The summed E-state index contributed by atoms with van der Waals surface area (Å²) in [4.78, 5) is 12.3. The van der Waals surface area contributed by atoms with Crippen molar-refractivity contribution in [3.63, 3.8) is 0 Å². The summed E-state index contributed by atoms with van der Waals surface area (Å²) in [6.07, 6.45) is -0.305. The first kappa shape index (κ1) is 19.6. The van der Waals surface area contributed by atoms with Gasteiger partial charge in [-0.05, 0) is 32.0 Å². The summed E-state index contributed by atoms with van der Waals surface area (Å²) >= 11 is 0. The fourth-order valence-corrected chi connectivity index (χ4v) is 3.07. The molecule has 154 valence electrons. The number of nitrogens with zero attached hydrogens (tertiary/aromatic N) is 7. The molecular formula is C19H17F3N8. The van der Waals surface area contributed by atoms with E-state index in [2.05, 4.69) is 30.5 Å². The number of alkyl halides is 2. The molecule has 0 spiro atoms. The van der Waals surface area contributed by atoms with Crippen LogP contribution >= 0.6 is 0 Å². The predicted molar refractivity (Wildman–Crippen MR) is 103 cm³/mol. The maximum absolute atomic E-state index is 13.3. The van der Waals surface area contributed by atoms with Crippen molar-refractivity contribution in [2.75, 3.05) is 5.32 Å². The highest BCUT2D eigenvalue weighted by Crippen LogP contribution is 2.29. The van der Waals surface area contributed by atoms with Crippen molar-refractivity contribution in [2.24, 2.45) is 7.05 Å². The Kier molecular flexibility index (Phi) is 4.94. The van der Waals surface area contributed by atoms with Gasteiger partial charge < -0.3 is 5.32 Å². The van der Waals surface area contributed by atoms with Crippen LogP contribution in [-0.2, 0) is 7.05 Å². The Morgan fingerprint density at radius 3 is 2.53 bits per heavy atom. The lowest BCUT2D eigenvalue weighted by Gasteiger charge is -2.10. The van der Waals surface area contributed by atoms with E-state index in [-0.39, 0.29) is 11.5 Å². The molecule has 0 aliphatic rings. The van der Waals surface area contributed by atoms with Gasteiger partial charge in [0.2, 0.25) is 0 Å². The third-order valence-corrected chi connectivity index (χ3v) is 4.45. The van der Waals surface area contributed by atoms with Gasteiger partial charge in [0.25, 0.3) is 6.43 Å². The summed E-state index contributed by atoms with van der Waals surface area (Å²) in [6.45, 7) is 3.47. The highest BCUT2D eigenvalue weighted by atomic mass is 19.3. The molecule has 4 aromatic heterocycles. The molecule has 0 bridgehead atoms. The molecule has 0 saturated heterocycles. The monoisotopic (exact) mass is 414 g/mol. The van der Waals surface area contributed by atoms with Crippen LogP contribution in [-0.4, -0.2) is 34.5 Å². The molecule has 0 aliphatic carbocycles. The molecule has 0 radical (unpaired) electrons.